The number of benzene rings is 2. The lowest BCUT2D eigenvalue weighted by Crippen LogP contribution is -2.45. The van der Waals surface area contributed by atoms with E-state index in [2.05, 4.69) is 36.2 Å². The van der Waals surface area contributed by atoms with Gasteiger partial charge in [-0.2, -0.15) is 23.0 Å². The number of nitrogens with zero attached hydrogens (tertiary/aromatic N) is 7. The van der Waals surface area contributed by atoms with Crippen LogP contribution in [0.3, 0.4) is 0 Å². The Balaban J connectivity index is 1.08. The van der Waals surface area contributed by atoms with Crippen LogP contribution in [0.15, 0.2) is 61.2 Å². The second-order valence-corrected chi connectivity index (χ2v) is 8.79. The van der Waals surface area contributed by atoms with Crippen LogP contribution in [0.5, 0.6) is 11.8 Å². The molecule has 2 amide bonds. The first-order valence-corrected chi connectivity index (χ1v) is 11.7. The normalized spacial score (nSPS) is 22.4. The SMILES string of the molecule is O=C(Nc1cccc(C(F)(F)F)c1)N[C@H]1CO[C@H]2[C@@H]1OC[C@@H]2n1nnnc1Oc1ccc(-n2cncn2)cc1. The third-order valence-corrected chi connectivity index (χ3v) is 6.30. The molecule has 4 atom stereocenters. The zero-order valence-corrected chi connectivity index (χ0v) is 19.9. The van der Waals surface area contributed by atoms with Crippen LogP contribution in [-0.4, -0.2) is 72.5 Å². The fraction of sp³-hybridized carbons (Fsp3) is 0.304. The van der Waals surface area contributed by atoms with Gasteiger partial charge in [0.05, 0.1) is 30.5 Å². The molecule has 0 radical (unpaired) electrons. The number of ether oxygens (including phenoxy) is 3. The van der Waals surface area contributed by atoms with E-state index < -0.39 is 42.1 Å². The highest BCUT2D eigenvalue weighted by Gasteiger charge is 2.50. The van der Waals surface area contributed by atoms with Gasteiger partial charge in [0.2, 0.25) is 0 Å². The molecule has 13 nitrogen and oxygen atoms in total. The first-order valence-electron chi connectivity index (χ1n) is 11.7. The number of anilines is 1. The molecule has 0 unspecified atom stereocenters. The summed E-state index contributed by atoms with van der Waals surface area (Å²) in [6, 6.07) is 9.90. The van der Waals surface area contributed by atoms with Crippen LogP contribution in [0.4, 0.5) is 23.7 Å². The predicted molar refractivity (Wildman–Crippen MR) is 125 cm³/mol. The number of hydrogen-bond donors (Lipinski definition) is 2. The molecule has 16 heteroatoms. The molecule has 6 rings (SSSR count). The molecule has 0 saturated carbocycles. The first kappa shape index (κ1) is 24.7. The molecule has 39 heavy (non-hydrogen) atoms. The number of halogens is 3. The van der Waals surface area contributed by atoms with Gasteiger partial charge in [0.1, 0.15) is 36.7 Å². The van der Waals surface area contributed by atoms with Gasteiger partial charge in [0.15, 0.2) is 0 Å². The maximum Gasteiger partial charge on any atom is 0.416 e. The van der Waals surface area contributed by atoms with Crippen LogP contribution in [0.1, 0.15) is 11.6 Å². The van der Waals surface area contributed by atoms with Crippen LogP contribution in [-0.2, 0) is 15.7 Å². The minimum atomic E-state index is -4.52. The number of hydrogen-bond acceptors (Lipinski definition) is 9. The number of nitrogens with one attached hydrogen (secondary N) is 2. The first-order chi connectivity index (χ1) is 18.8. The minimum Gasteiger partial charge on any atom is -0.423 e. The Bertz CT molecular complexity index is 1450. The Hall–Kier alpha value is -4.57. The quantitative estimate of drug-likeness (QED) is 0.375. The molecule has 202 valence electrons. The lowest BCUT2D eigenvalue weighted by atomic mass is 10.1. The molecule has 2 aromatic heterocycles. The predicted octanol–water partition coefficient (Wildman–Crippen LogP) is 2.59. The van der Waals surface area contributed by atoms with Crippen molar-refractivity contribution in [2.45, 2.75) is 30.5 Å². The summed E-state index contributed by atoms with van der Waals surface area (Å²) in [5.74, 6) is 0.489. The van der Waals surface area contributed by atoms with Crippen molar-refractivity contribution in [3.8, 4) is 17.4 Å². The molecular formula is C23H20F3N9O4. The average Bonchev–Trinajstić information content (AvgIpc) is 3.71. The lowest BCUT2D eigenvalue weighted by molar-refractivity contribution is -0.137. The third-order valence-electron chi connectivity index (χ3n) is 6.30. The van der Waals surface area contributed by atoms with Crippen molar-refractivity contribution in [1.82, 2.24) is 40.3 Å². The minimum absolute atomic E-state index is 0.00723. The van der Waals surface area contributed by atoms with Gasteiger partial charge < -0.3 is 24.8 Å². The van der Waals surface area contributed by atoms with Crippen molar-refractivity contribution in [3.63, 3.8) is 0 Å². The summed E-state index contributed by atoms with van der Waals surface area (Å²) < 4.78 is 59.6. The lowest BCUT2D eigenvalue weighted by Gasteiger charge is -2.18. The summed E-state index contributed by atoms with van der Waals surface area (Å²) >= 11 is 0. The van der Waals surface area contributed by atoms with Crippen molar-refractivity contribution in [1.29, 1.82) is 0 Å². The molecule has 2 aromatic carbocycles. The number of fused-ring (bicyclic) bond motifs is 1. The Labute approximate surface area is 217 Å². The summed E-state index contributed by atoms with van der Waals surface area (Å²) in [5, 5.41) is 20.9. The largest absolute Gasteiger partial charge is 0.423 e. The van der Waals surface area contributed by atoms with Gasteiger partial charge in [0.25, 0.3) is 0 Å². The summed E-state index contributed by atoms with van der Waals surface area (Å²) in [5.41, 5.74) is -0.0635. The van der Waals surface area contributed by atoms with Gasteiger partial charge >= 0.3 is 18.2 Å². The number of tetrazole rings is 1. The Morgan fingerprint density at radius 2 is 1.90 bits per heavy atom. The van der Waals surface area contributed by atoms with Gasteiger partial charge in [-0.3, -0.25) is 0 Å². The summed E-state index contributed by atoms with van der Waals surface area (Å²) in [6.45, 7) is 0.319. The molecule has 2 N–H and O–H groups in total. The summed E-state index contributed by atoms with van der Waals surface area (Å²) in [6.07, 6.45) is -2.53. The number of amides is 2. The molecule has 2 saturated heterocycles. The number of alkyl halides is 3. The van der Waals surface area contributed by atoms with Gasteiger partial charge in [-0.15, -0.1) is 0 Å². The molecule has 2 aliphatic heterocycles. The standard InChI is InChI=1S/C23H20F3N9O4/c24-23(25,26)13-2-1-3-14(8-13)29-21(36)30-17-9-37-20-18(10-38-19(17)20)35-22(31-32-33-35)39-16-6-4-15(5-7-16)34-12-27-11-28-34/h1-8,11-12,17-20H,9-10H2,(H2,29,30,36)/t17-,18-,19+,20+/m0/s1. The highest BCUT2D eigenvalue weighted by atomic mass is 19.4. The Morgan fingerprint density at radius 3 is 2.67 bits per heavy atom. The molecule has 4 aromatic rings. The van der Waals surface area contributed by atoms with Gasteiger partial charge in [-0.05, 0) is 52.9 Å². The number of urea groups is 1. The van der Waals surface area contributed by atoms with Crippen molar-refractivity contribution in [2.75, 3.05) is 18.5 Å². The molecule has 2 aliphatic rings. The second-order valence-electron chi connectivity index (χ2n) is 8.79. The van der Waals surface area contributed by atoms with E-state index in [1.165, 1.54) is 23.1 Å². The molecule has 0 bridgehead atoms. The van der Waals surface area contributed by atoms with Crippen LogP contribution in [0.25, 0.3) is 5.69 Å². The number of aromatic nitrogens is 7. The van der Waals surface area contributed by atoms with Crippen molar-refractivity contribution in [3.05, 3.63) is 66.7 Å². The van der Waals surface area contributed by atoms with Crippen LogP contribution < -0.4 is 15.4 Å². The van der Waals surface area contributed by atoms with Crippen LogP contribution in [0.2, 0.25) is 0 Å². The molecule has 2 fully saturated rings. The number of carbonyl (C=O) groups is 1. The fourth-order valence-electron chi connectivity index (χ4n) is 4.50. The van der Waals surface area contributed by atoms with E-state index in [-0.39, 0.29) is 24.9 Å². The maximum atomic E-state index is 13.0. The highest BCUT2D eigenvalue weighted by Crippen LogP contribution is 2.36. The molecule has 0 spiro atoms. The second kappa shape index (κ2) is 9.95. The zero-order valence-electron chi connectivity index (χ0n) is 19.9. The zero-order chi connectivity index (χ0) is 27.0. The van der Waals surface area contributed by atoms with E-state index in [0.717, 1.165) is 17.8 Å². The average molecular weight is 543 g/mol. The monoisotopic (exact) mass is 543 g/mol. The van der Waals surface area contributed by atoms with Gasteiger partial charge in [-0.25, -0.2) is 14.5 Å². The smallest absolute Gasteiger partial charge is 0.416 e. The molecule has 4 heterocycles. The maximum absolute atomic E-state index is 13.0. The van der Waals surface area contributed by atoms with Crippen molar-refractivity contribution in [2.24, 2.45) is 0 Å². The molecule has 0 aliphatic carbocycles. The fourth-order valence-corrected chi connectivity index (χ4v) is 4.50. The van der Waals surface area contributed by atoms with E-state index in [9.17, 15) is 18.0 Å². The highest BCUT2D eigenvalue weighted by molar-refractivity contribution is 5.89. The van der Waals surface area contributed by atoms with Crippen molar-refractivity contribution < 1.29 is 32.2 Å². The summed E-state index contributed by atoms with van der Waals surface area (Å²) in [4.78, 5) is 16.4. The van der Waals surface area contributed by atoms with Crippen LogP contribution >= 0.6 is 0 Å². The Morgan fingerprint density at radius 1 is 1.08 bits per heavy atom. The van der Waals surface area contributed by atoms with Gasteiger partial charge in [-0.1, -0.05) is 11.2 Å². The Kier molecular flexibility index (Phi) is 6.32. The van der Waals surface area contributed by atoms with Gasteiger partial charge in [0, 0.05) is 5.69 Å². The van der Waals surface area contributed by atoms with E-state index in [1.807, 2.05) is 0 Å². The molecular weight excluding hydrogens is 523 g/mol. The van der Waals surface area contributed by atoms with E-state index >= 15 is 0 Å². The topological polar surface area (TPSA) is 143 Å². The third kappa shape index (κ3) is 5.10. The number of carbonyl (C=O) groups excluding carboxylic acids is 1. The summed E-state index contributed by atoms with van der Waals surface area (Å²) in [7, 11) is 0. The van der Waals surface area contributed by atoms with Crippen molar-refractivity contribution >= 4 is 11.7 Å². The van der Waals surface area contributed by atoms with E-state index in [0.29, 0.717) is 5.75 Å². The van der Waals surface area contributed by atoms with E-state index in [1.54, 1.807) is 35.3 Å². The van der Waals surface area contributed by atoms with E-state index in [4.69, 9.17) is 14.2 Å². The number of rotatable bonds is 6. The van der Waals surface area contributed by atoms with Crippen LogP contribution in [0, 0.1) is 0 Å².